The van der Waals surface area contributed by atoms with Crippen LogP contribution >= 0.6 is 0 Å². The Morgan fingerprint density at radius 2 is 1.71 bits per heavy atom. The SMILES string of the molecule is CC1CCCCN1CCN(CCS(=O)(=O)N1CCNCC1)S(=O)(=O)c1ccc(F)cc1. The molecule has 11 heteroatoms. The van der Waals surface area contributed by atoms with Gasteiger partial charge in [-0.15, -0.1) is 0 Å². The number of halogens is 1. The van der Waals surface area contributed by atoms with E-state index in [9.17, 15) is 21.2 Å². The second-order valence-electron chi connectivity index (χ2n) is 8.20. The zero-order valence-corrected chi connectivity index (χ0v) is 19.7. The van der Waals surface area contributed by atoms with Crippen LogP contribution in [0.25, 0.3) is 0 Å². The molecular weight excluding hydrogens is 443 g/mol. The number of nitrogens with zero attached hydrogens (tertiary/aromatic N) is 3. The molecule has 1 N–H and O–H groups in total. The van der Waals surface area contributed by atoms with E-state index in [1.165, 1.54) is 20.7 Å². The van der Waals surface area contributed by atoms with Crippen molar-refractivity contribution >= 4 is 20.0 Å². The smallest absolute Gasteiger partial charge is 0.243 e. The van der Waals surface area contributed by atoms with Crippen LogP contribution in [0.5, 0.6) is 0 Å². The Bertz CT molecular complexity index is 919. The summed E-state index contributed by atoms with van der Waals surface area (Å²) in [5.41, 5.74) is 0. The van der Waals surface area contributed by atoms with Gasteiger partial charge in [0.2, 0.25) is 20.0 Å². The first-order valence-corrected chi connectivity index (χ1v) is 13.9. The summed E-state index contributed by atoms with van der Waals surface area (Å²) in [6, 6.07) is 5.04. The molecular formula is C20H33FN4O4S2. The first kappa shape index (κ1) is 24.5. The summed E-state index contributed by atoms with van der Waals surface area (Å²) in [7, 11) is -7.51. The molecule has 2 aliphatic heterocycles. The van der Waals surface area contributed by atoms with Gasteiger partial charge >= 0.3 is 0 Å². The third-order valence-electron chi connectivity index (χ3n) is 6.10. The third-order valence-corrected chi connectivity index (χ3v) is 9.86. The molecule has 2 saturated heterocycles. The van der Waals surface area contributed by atoms with E-state index in [-0.39, 0.29) is 23.7 Å². The number of benzene rings is 1. The normalized spacial score (nSPS) is 22.1. The summed E-state index contributed by atoms with van der Waals surface area (Å²) < 4.78 is 68.0. The third kappa shape index (κ3) is 6.45. The van der Waals surface area contributed by atoms with Crippen molar-refractivity contribution in [1.29, 1.82) is 0 Å². The van der Waals surface area contributed by atoms with Crippen molar-refractivity contribution in [2.24, 2.45) is 0 Å². The second-order valence-corrected chi connectivity index (χ2v) is 12.2. The summed E-state index contributed by atoms with van der Waals surface area (Å²) >= 11 is 0. The molecule has 176 valence electrons. The van der Waals surface area contributed by atoms with Gasteiger partial charge in [-0.3, -0.25) is 4.90 Å². The van der Waals surface area contributed by atoms with Crippen molar-refractivity contribution in [1.82, 2.24) is 18.8 Å². The van der Waals surface area contributed by atoms with E-state index >= 15 is 0 Å². The first-order valence-electron chi connectivity index (χ1n) is 10.9. The average Bonchev–Trinajstić information content (AvgIpc) is 2.75. The summed E-state index contributed by atoms with van der Waals surface area (Å²) in [5.74, 6) is -0.794. The molecule has 1 atom stereocenters. The minimum Gasteiger partial charge on any atom is -0.314 e. The Morgan fingerprint density at radius 3 is 2.35 bits per heavy atom. The van der Waals surface area contributed by atoms with Crippen molar-refractivity contribution in [2.75, 3.05) is 58.1 Å². The highest BCUT2D eigenvalue weighted by Crippen LogP contribution is 2.19. The van der Waals surface area contributed by atoms with Crippen LogP contribution in [-0.2, 0) is 20.0 Å². The van der Waals surface area contributed by atoms with Crippen LogP contribution in [0.2, 0.25) is 0 Å². The van der Waals surface area contributed by atoms with Crippen LogP contribution in [0.4, 0.5) is 4.39 Å². The summed E-state index contributed by atoms with van der Waals surface area (Å²) in [5, 5.41) is 3.11. The predicted molar refractivity (Wildman–Crippen MR) is 118 cm³/mol. The molecule has 3 rings (SSSR count). The van der Waals surface area contributed by atoms with Crippen LogP contribution in [0.15, 0.2) is 29.2 Å². The van der Waals surface area contributed by atoms with Crippen LogP contribution in [0.1, 0.15) is 26.2 Å². The molecule has 2 fully saturated rings. The minimum absolute atomic E-state index is 0.0276. The highest BCUT2D eigenvalue weighted by atomic mass is 32.2. The van der Waals surface area contributed by atoms with E-state index in [1.807, 2.05) is 0 Å². The zero-order valence-electron chi connectivity index (χ0n) is 18.0. The van der Waals surface area contributed by atoms with Crippen LogP contribution < -0.4 is 5.32 Å². The van der Waals surface area contributed by atoms with Gasteiger partial charge in [-0.2, -0.15) is 8.61 Å². The van der Waals surface area contributed by atoms with Gasteiger partial charge in [0.15, 0.2) is 0 Å². The van der Waals surface area contributed by atoms with E-state index in [2.05, 4.69) is 17.1 Å². The molecule has 0 amide bonds. The number of hydrogen-bond acceptors (Lipinski definition) is 6. The Hall–Kier alpha value is -1.11. The van der Waals surface area contributed by atoms with E-state index in [1.54, 1.807) is 0 Å². The number of rotatable bonds is 9. The molecule has 31 heavy (non-hydrogen) atoms. The lowest BCUT2D eigenvalue weighted by atomic mass is 10.0. The fourth-order valence-corrected chi connectivity index (χ4v) is 7.10. The highest BCUT2D eigenvalue weighted by molar-refractivity contribution is 7.90. The second kappa shape index (κ2) is 10.7. The van der Waals surface area contributed by atoms with Gasteiger partial charge in [0.25, 0.3) is 0 Å². The fraction of sp³-hybridized carbons (Fsp3) is 0.700. The maximum Gasteiger partial charge on any atom is 0.243 e. The van der Waals surface area contributed by atoms with Crippen molar-refractivity contribution in [3.8, 4) is 0 Å². The van der Waals surface area contributed by atoms with Gasteiger partial charge in [-0.1, -0.05) is 6.42 Å². The van der Waals surface area contributed by atoms with E-state index in [0.717, 1.165) is 37.9 Å². The van der Waals surface area contributed by atoms with Gasteiger partial charge in [-0.25, -0.2) is 21.2 Å². The summed E-state index contributed by atoms with van der Waals surface area (Å²) in [4.78, 5) is 2.22. The monoisotopic (exact) mass is 476 g/mol. The van der Waals surface area contributed by atoms with Gasteiger partial charge in [-0.05, 0) is 50.6 Å². The molecule has 1 aromatic carbocycles. The lowest BCUT2D eigenvalue weighted by Crippen LogP contribution is -2.49. The van der Waals surface area contributed by atoms with E-state index in [0.29, 0.717) is 38.8 Å². The topological polar surface area (TPSA) is 90.0 Å². The Kier molecular flexibility index (Phi) is 8.44. The number of nitrogens with one attached hydrogen (secondary N) is 1. The number of likely N-dealkylation sites (tertiary alicyclic amines) is 1. The number of piperazine rings is 1. The van der Waals surface area contributed by atoms with Gasteiger partial charge in [0, 0.05) is 51.9 Å². The number of piperidine rings is 1. The van der Waals surface area contributed by atoms with Gasteiger partial charge in [0.1, 0.15) is 5.82 Å². The number of sulfonamides is 2. The van der Waals surface area contributed by atoms with Gasteiger partial charge in [0.05, 0.1) is 10.6 Å². The van der Waals surface area contributed by atoms with Crippen molar-refractivity contribution in [2.45, 2.75) is 37.1 Å². The zero-order chi connectivity index (χ0) is 22.5. The van der Waals surface area contributed by atoms with E-state index < -0.39 is 25.9 Å². The standard InChI is InChI=1S/C20H33FN4O4S2/c1-18-4-2-3-11-23(18)14-15-25(31(28,29)20-7-5-19(21)6-8-20)16-17-30(26,27)24-12-9-22-10-13-24/h5-8,18,22H,2-4,9-17H2,1H3. The molecule has 1 unspecified atom stereocenters. The first-order chi connectivity index (χ1) is 14.7. The molecule has 1 aromatic rings. The van der Waals surface area contributed by atoms with Gasteiger partial charge < -0.3 is 5.32 Å². The molecule has 8 nitrogen and oxygen atoms in total. The molecule has 0 spiro atoms. The molecule has 0 radical (unpaired) electrons. The van der Waals surface area contributed by atoms with Crippen LogP contribution in [-0.4, -0.2) is 94.5 Å². The quantitative estimate of drug-likeness (QED) is 0.570. The Balaban J connectivity index is 1.75. The molecule has 0 aliphatic carbocycles. The predicted octanol–water partition coefficient (Wildman–Crippen LogP) is 0.926. The molecule has 2 aliphatic rings. The summed E-state index contributed by atoms with van der Waals surface area (Å²) in [6.45, 7) is 5.59. The number of hydrogen-bond donors (Lipinski definition) is 1. The minimum atomic E-state index is -3.94. The maximum atomic E-state index is 13.3. The van der Waals surface area contributed by atoms with Crippen LogP contribution in [0, 0.1) is 5.82 Å². The van der Waals surface area contributed by atoms with Crippen molar-refractivity contribution in [3.05, 3.63) is 30.1 Å². The average molecular weight is 477 g/mol. The lowest BCUT2D eigenvalue weighted by Gasteiger charge is -2.35. The Morgan fingerprint density at radius 1 is 1.03 bits per heavy atom. The van der Waals surface area contributed by atoms with Crippen molar-refractivity contribution in [3.63, 3.8) is 0 Å². The molecule has 0 aromatic heterocycles. The Labute approximate surface area is 185 Å². The highest BCUT2D eigenvalue weighted by Gasteiger charge is 2.30. The summed E-state index contributed by atoms with van der Waals surface area (Å²) in [6.07, 6.45) is 3.31. The maximum absolute atomic E-state index is 13.3. The molecule has 2 heterocycles. The lowest BCUT2D eigenvalue weighted by molar-refractivity contribution is 0.152. The van der Waals surface area contributed by atoms with Crippen LogP contribution in [0.3, 0.4) is 0 Å². The fourth-order valence-electron chi connectivity index (χ4n) is 4.11. The molecule has 0 bridgehead atoms. The van der Waals surface area contributed by atoms with Crippen molar-refractivity contribution < 1.29 is 21.2 Å². The van der Waals surface area contributed by atoms with E-state index in [4.69, 9.17) is 0 Å². The largest absolute Gasteiger partial charge is 0.314 e. The molecule has 0 saturated carbocycles.